The van der Waals surface area contributed by atoms with Crippen LogP contribution < -0.4 is 5.73 Å². The van der Waals surface area contributed by atoms with E-state index in [2.05, 4.69) is 12.0 Å². The zero-order valence-electron chi connectivity index (χ0n) is 10.0. The number of nitro groups is 1. The van der Waals surface area contributed by atoms with E-state index in [1.165, 1.54) is 12.6 Å². The Balaban J connectivity index is 2.11. The van der Waals surface area contributed by atoms with Gasteiger partial charge in [-0.2, -0.15) is 5.10 Å². The van der Waals surface area contributed by atoms with Crippen LogP contribution in [0.1, 0.15) is 45.1 Å². The molecule has 0 aliphatic heterocycles. The summed E-state index contributed by atoms with van der Waals surface area (Å²) in [5, 5.41) is 14.7. The third kappa shape index (κ3) is 2.25. The Labute approximate surface area is 99.9 Å². The molecule has 1 aromatic heterocycles. The number of nitrogen functional groups attached to an aromatic ring is 1. The van der Waals surface area contributed by atoms with E-state index < -0.39 is 4.92 Å². The first-order chi connectivity index (χ1) is 8.13. The molecule has 0 aromatic carbocycles. The van der Waals surface area contributed by atoms with Gasteiger partial charge in [0.1, 0.15) is 6.20 Å². The van der Waals surface area contributed by atoms with Crippen molar-refractivity contribution in [1.82, 2.24) is 9.78 Å². The fourth-order valence-corrected chi connectivity index (χ4v) is 2.59. The molecule has 0 spiro atoms. The molecule has 1 aliphatic carbocycles. The van der Waals surface area contributed by atoms with Crippen LogP contribution in [0.2, 0.25) is 0 Å². The molecule has 0 amide bonds. The highest BCUT2D eigenvalue weighted by Gasteiger charge is 2.26. The predicted octanol–water partition coefficient (Wildman–Crippen LogP) is 2.51. The molecule has 1 aliphatic rings. The Morgan fingerprint density at radius 3 is 2.65 bits per heavy atom. The second-order valence-electron chi connectivity index (χ2n) is 4.70. The average molecular weight is 238 g/mol. The van der Waals surface area contributed by atoms with Gasteiger partial charge >= 0.3 is 5.69 Å². The number of anilines is 1. The van der Waals surface area contributed by atoms with Crippen LogP contribution in [0.5, 0.6) is 0 Å². The molecular weight excluding hydrogens is 220 g/mol. The number of hydrogen-bond donors (Lipinski definition) is 1. The van der Waals surface area contributed by atoms with Gasteiger partial charge in [-0.15, -0.1) is 0 Å². The van der Waals surface area contributed by atoms with Crippen LogP contribution in [0.25, 0.3) is 0 Å². The van der Waals surface area contributed by atoms with Crippen LogP contribution in [0.4, 0.5) is 11.5 Å². The summed E-state index contributed by atoms with van der Waals surface area (Å²) in [5.41, 5.74) is 5.68. The van der Waals surface area contributed by atoms with E-state index in [4.69, 9.17) is 5.73 Å². The van der Waals surface area contributed by atoms with Gasteiger partial charge in [-0.1, -0.05) is 13.3 Å². The monoisotopic (exact) mass is 238 g/mol. The van der Waals surface area contributed by atoms with Gasteiger partial charge in [0.15, 0.2) is 0 Å². The van der Waals surface area contributed by atoms with E-state index in [1.54, 1.807) is 4.68 Å². The Hall–Kier alpha value is -1.59. The molecule has 17 heavy (non-hydrogen) atoms. The lowest BCUT2D eigenvalue weighted by atomic mass is 9.84. The standard InChI is InChI=1S/C11H18N4O2/c1-2-8-3-5-9(6-4-8)14-11(12)10(7-13-14)15(16)17/h7-9H,2-6,12H2,1H3. The first kappa shape index (κ1) is 11.9. The van der Waals surface area contributed by atoms with Crippen LogP contribution >= 0.6 is 0 Å². The minimum Gasteiger partial charge on any atom is -0.378 e. The van der Waals surface area contributed by atoms with Crippen LogP contribution in [-0.2, 0) is 0 Å². The zero-order chi connectivity index (χ0) is 12.4. The van der Waals surface area contributed by atoms with Gasteiger partial charge in [-0.3, -0.25) is 10.1 Å². The highest BCUT2D eigenvalue weighted by atomic mass is 16.6. The molecule has 2 rings (SSSR count). The molecule has 1 heterocycles. The molecule has 1 fully saturated rings. The maximum absolute atomic E-state index is 10.7. The molecule has 0 saturated heterocycles. The quantitative estimate of drug-likeness (QED) is 0.647. The van der Waals surface area contributed by atoms with Gasteiger partial charge in [0.05, 0.1) is 11.0 Å². The van der Waals surface area contributed by atoms with Crippen LogP contribution in [-0.4, -0.2) is 14.7 Å². The maximum atomic E-state index is 10.7. The van der Waals surface area contributed by atoms with Gasteiger partial charge in [-0.25, -0.2) is 4.68 Å². The van der Waals surface area contributed by atoms with Gasteiger partial charge < -0.3 is 5.73 Å². The third-order valence-corrected chi connectivity index (χ3v) is 3.75. The SMILES string of the molecule is CCC1CCC(n2ncc([N+](=O)[O-])c2N)CC1. The molecule has 1 aromatic rings. The smallest absolute Gasteiger partial charge is 0.330 e. The second-order valence-corrected chi connectivity index (χ2v) is 4.70. The van der Waals surface area contributed by atoms with Crippen LogP contribution in [0.3, 0.4) is 0 Å². The van der Waals surface area contributed by atoms with Crippen molar-refractivity contribution in [2.45, 2.75) is 45.1 Å². The second kappa shape index (κ2) is 4.73. The molecule has 94 valence electrons. The molecular formula is C11H18N4O2. The first-order valence-corrected chi connectivity index (χ1v) is 6.10. The summed E-state index contributed by atoms with van der Waals surface area (Å²) in [5.74, 6) is 0.980. The molecule has 6 heteroatoms. The van der Waals surface area contributed by atoms with Crippen molar-refractivity contribution in [2.24, 2.45) is 5.92 Å². The third-order valence-electron chi connectivity index (χ3n) is 3.75. The molecule has 1 saturated carbocycles. The van der Waals surface area contributed by atoms with Crippen molar-refractivity contribution in [3.05, 3.63) is 16.3 Å². The molecule has 0 bridgehead atoms. The number of hydrogen-bond acceptors (Lipinski definition) is 4. The summed E-state index contributed by atoms with van der Waals surface area (Å²) in [6.45, 7) is 2.21. The Kier molecular flexibility index (Phi) is 3.31. The summed E-state index contributed by atoms with van der Waals surface area (Å²) in [7, 11) is 0. The van der Waals surface area contributed by atoms with E-state index in [0.717, 1.165) is 31.6 Å². The van der Waals surface area contributed by atoms with Crippen molar-refractivity contribution in [1.29, 1.82) is 0 Å². The number of nitrogens with zero attached hydrogens (tertiary/aromatic N) is 3. The lowest BCUT2D eigenvalue weighted by molar-refractivity contribution is -0.384. The number of rotatable bonds is 3. The summed E-state index contributed by atoms with van der Waals surface area (Å²) in [6.07, 6.45) is 6.81. The van der Waals surface area contributed by atoms with Crippen molar-refractivity contribution in [2.75, 3.05) is 5.73 Å². The Morgan fingerprint density at radius 2 is 2.18 bits per heavy atom. The fraction of sp³-hybridized carbons (Fsp3) is 0.727. The lowest BCUT2D eigenvalue weighted by Crippen LogP contribution is -2.20. The molecule has 0 radical (unpaired) electrons. The number of nitrogens with two attached hydrogens (primary N) is 1. The van der Waals surface area contributed by atoms with Crippen LogP contribution in [0.15, 0.2) is 6.20 Å². The van der Waals surface area contributed by atoms with Gasteiger partial charge in [0, 0.05) is 0 Å². The summed E-state index contributed by atoms with van der Waals surface area (Å²) in [4.78, 5) is 10.2. The van der Waals surface area contributed by atoms with Crippen molar-refractivity contribution in [3.63, 3.8) is 0 Å². The van der Waals surface area contributed by atoms with Crippen LogP contribution in [0, 0.1) is 16.0 Å². The molecule has 0 atom stereocenters. The first-order valence-electron chi connectivity index (χ1n) is 6.10. The van der Waals surface area contributed by atoms with Gasteiger partial charge in [0.2, 0.25) is 5.82 Å². The zero-order valence-corrected chi connectivity index (χ0v) is 10.0. The van der Waals surface area contributed by atoms with E-state index in [1.807, 2.05) is 0 Å². The predicted molar refractivity (Wildman–Crippen MR) is 64.6 cm³/mol. The highest BCUT2D eigenvalue weighted by Crippen LogP contribution is 2.36. The van der Waals surface area contributed by atoms with Gasteiger partial charge in [-0.05, 0) is 31.6 Å². The summed E-state index contributed by atoms with van der Waals surface area (Å²) < 4.78 is 1.63. The Morgan fingerprint density at radius 1 is 1.53 bits per heavy atom. The average Bonchev–Trinajstić information content (AvgIpc) is 2.71. The molecule has 6 nitrogen and oxygen atoms in total. The normalized spacial score (nSPS) is 24.8. The largest absolute Gasteiger partial charge is 0.378 e. The van der Waals surface area contributed by atoms with E-state index in [9.17, 15) is 10.1 Å². The van der Waals surface area contributed by atoms with Crippen molar-refractivity contribution in [3.8, 4) is 0 Å². The fourth-order valence-electron chi connectivity index (χ4n) is 2.59. The number of aromatic nitrogens is 2. The minimum absolute atomic E-state index is 0.0809. The Bertz CT molecular complexity index is 408. The summed E-state index contributed by atoms with van der Waals surface area (Å²) >= 11 is 0. The van der Waals surface area contributed by atoms with Crippen molar-refractivity contribution >= 4 is 11.5 Å². The summed E-state index contributed by atoms with van der Waals surface area (Å²) in [6, 6.07) is 0.228. The lowest BCUT2D eigenvalue weighted by Gasteiger charge is -2.28. The topological polar surface area (TPSA) is 87.0 Å². The highest BCUT2D eigenvalue weighted by molar-refractivity contribution is 5.51. The van der Waals surface area contributed by atoms with E-state index in [0.29, 0.717) is 0 Å². The maximum Gasteiger partial charge on any atom is 0.330 e. The van der Waals surface area contributed by atoms with E-state index >= 15 is 0 Å². The van der Waals surface area contributed by atoms with Gasteiger partial charge in [0.25, 0.3) is 0 Å². The molecule has 0 unspecified atom stereocenters. The van der Waals surface area contributed by atoms with E-state index in [-0.39, 0.29) is 17.5 Å². The molecule has 2 N–H and O–H groups in total. The van der Waals surface area contributed by atoms with Crippen molar-refractivity contribution < 1.29 is 4.92 Å². The minimum atomic E-state index is -0.476.